The Morgan fingerprint density at radius 1 is 1.34 bits per heavy atom. The first-order chi connectivity index (χ1) is 13.5. The van der Waals surface area contributed by atoms with E-state index in [9.17, 15) is 4.79 Å². The van der Waals surface area contributed by atoms with Gasteiger partial charge in [0.05, 0.1) is 18.8 Å². The van der Waals surface area contributed by atoms with E-state index in [2.05, 4.69) is 34.8 Å². The smallest absolute Gasteiger partial charge is 0.273 e. The van der Waals surface area contributed by atoms with Crippen molar-refractivity contribution < 1.29 is 9.53 Å². The molecule has 0 bridgehead atoms. The lowest BCUT2D eigenvalue weighted by Gasteiger charge is -2.22. The molecule has 1 aromatic carbocycles. The first-order valence-electron chi connectivity index (χ1n) is 10.2. The highest BCUT2D eigenvalue weighted by Gasteiger charge is 2.19. The molecule has 8 heteroatoms. The predicted molar refractivity (Wildman–Crippen MR) is 116 cm³/mol. The number of nitrogens with one attached hydrogen (secondary N) is 2. The number of carbonyl (C=O) groups excluding carboxylic acids is 1. The van der Waals surface area contributed by atoms with E-state index in [-0.39, 0.29) is 18.3 Å². The van der Waals surface area contributed by atoms with Gasteiger partial charge >= 0.3 is 0 Å². The van der Waals surface area contributed by atoms with Crippen LogP contribution in [-0.2, 0) is 6.54 Å². The Labute approximate surface area is 179 Å². The van der Waals surface area contributed by atoms with Gasteiger partial charge in [0.25, 0.3) is 5.91 Å². The number of aromatic nitrogens is 3. The molecule has 0 unspecified atom stereocenters. The van der Waals surface area contributed by atoms with Gasteiger partial charge in [0.15, 0.2) is 5.69 Å². The van der Waals surface area contributed by atoms with Gasteiger partial charge in [0, 0.05) is 12.1 Å². The molecule has 2 aromatic rings. The van der Waals surface area contributed by atoms with Crippen molar-refractivity contribution in [3.63, 3.8) is 0 Å². The van der Waals surface area contributed by atoms with Crippen LogP contribution >= 0.6 is 12.4 Å². The third-order valence-corrected chi connectivity index (χ3v) is 5.04. The second kappa shape index (κ2) is 11.2. The Morgan fingerprint density at radius 3 is 2.83 bits per heavy atom. The normalized spacial score (nSPS) is 14.5. The fourth-order valence-electron chi connectivity index (χ4n) is 3.24. The molecular weight excluding hydrogens is 390 g/mol. The van der Waals surface area contributed by atoms with Crippen LogP contribution in [0.2, 0.25) is 0 Å². The number of amides is 1. The molecular formula is C21H32ClN5O2. The first kappa shape index (κ1) is 23.2. The van der Waals surface area contributed by atoms with E-state index in [1.807, 2.05) is 29.8 Å². The molecule has 7 nitrogen and oxygen atoms in total. The first-order valence-corrected chi connectivity index (χ1v) is 10.2. The third kappa shape index (κ3) is 6.72. The zero-order valence-electron chi connectivity index (χ0n) is 17.5. The summed E-state index contributed by atoms with van der Waals surface area (Å²) in [5.41, 5.74) is 2.46. The lowest BCUT2D eigenvalue weighted by atomic mass is 10.1. The van der Waals surface area contributed by atoms with Gasteiger partial charge in [-0.15, -0.1) is 17.5 Å². The third-order valence-electron chi connectivity index (χ3n) is 5.04. The van der Waals surface area contributed by atoms with Crippen LogP contribution in [0.3, 0.4) is 0 Å². The van der Waals surface area contributed by atoms with E-state index in [1.165, 1.54) is 0 Å². The van der Waals surface area contributed by atoms with Crippen molar-refractivity contribution in [3.8, 4) is 5.75 Å². The van der Waals surface area contributed by atoms with Crippen molar-refractivity contribution in [2.24, 2.45) is 5.92 Å². The highest BCUT2D eigenvalue weighted by molar-refractivity contribution is 5.91. The van der Waals surface area contributed by atoms with Gasteiger partial charge < -0.3 is 15.4 Å². The second-order valence-corrected chi connectivity index (χ2v) is 7.89. The summed E-state index contributed by atoms with van der Waals surface area (Å²) in [4.78, 5) is 12.5. The van der Waals surface area contributed by atoms with Crippen molar-refractivity contribution in [2.75, 3.05) is 19.7 Å². The van der Waals surface area contributed by atoms with E-state index in [0.717, 1.165) is 49.2 Å². The molecule has 160 valence electrons. The lowest BCUT2D eigenvalue weighted by molar-refractivity contribution is 0.0945. The second-order valence-electron chi connectivity index (χ2n) is 7.89. The van der Waals surface area contributed by atoms with Crippen LogP contribution < -0.4 is 15.4 Å². The summed E-state index contributed by atoms with van der Waals surface area (Å²) < 4.78 is 7.78. The number of hydrogen-bond acceptors (Lipinski definition) is 5. The largest absolute Gasteiger partial charge is 0.493 e. The highest BCUT2D eigenvalue weighted by Crippen LogP contribution is 2.21. The van der Waals surface area contributed by atoms with Gasteiger partial charge in [-0.25, -0.2) is 4.68 Å². The van der Waals surface area contributed by atoms with Gasteiger partial charge in [-0.2, -0.15) is 0 Å². The number of halogens is 1. The van der Waals surface area contributed by atoms with E-state index in [4.69, 9.17) is 4.74 Å². The van der Waals surface area contributed by atoms with Crippen LogP contribution in [0.4, 0.5) is 0 Å². The molecule has 0 saturated carbocycles. The van der Waals surface area contributed by atoms with Crippen LogP contribution in [0.5, 0.6) is 5.75 Å². The number of aryl methyl sites for hydroxylation is 1. The minimum Gasteiger partial charge on any atom is -0.493 e. The minimum absolute atomic E-state index is 0. The SMILES string of the molecule is Cc1ccc(CNC(=O)c2cn(C3CCNCC3)nn2)c(OCCC(C)C)c1.Cl. The van der Waals surface area contributed by atoms with E-state index in [1.54, 1.807) is 6.20 Å². The van der Waals surface area contributed by atoms with Crippen LogP contribution in [0.1, 0.15) is 60.8 Å². The summed E-state index contributed by atoms with van der Waals surface area (Å²) in [5, 5.41) is 14.5. The fraction of sp³-hybridized carbons (Fsp3) is 0.571. The van der Waals surface area contributed by atoms with Gasteiger partial charge in [0.2, 0.25) is 0 Å². The number of carbonyl (C=O) groups is 1. The van der Waals surface area contributed by atoms with E-state index >= 15 is 0 Å². The number of rotatable bonds is 8. The van der Waals surface area contributed by atoms with Crippen molar-refractivity contribution in [3.05, 3.63) is 41.2 Å². The summed E-state index contributed by atoms with van der Waals surface area (Å²) in [7, 11) is 0. The standard InChI is InChI=1S/C21H31N5O2.ClH/c1-15(2)8-11-28-20-12-16(3)4-5-17(20)13-23-21(27)19-14-26(25-24-19)18-6-9-22-10-7-18;/h4-5,12,14-15,18,22H,6-11,13H2,1-3H3,(H,23,27);1H. The Bertz CT molecular complexity index is 787. The van der Waals surface area contributed by atoms with Crippen molar-refractivity contribution >= 4 is 18.3 Å². The molecule has 29 heavy (non-hydrogen) atoms. The summed E-state index contributed by atoms with van der Waals surface area (Å²) in [5.74, 6) is 1.21. The summed E-state index contributed by atoms with van der Waals surface area (Å²) in [6.07, 6.45) is 4.76. The molecule has 2 heterocycles. The summed E-state index contributed by atoms with van der Waals surface area (Å²) in [6, 6.07) is 6.37. The maximum Gasteiger partial charge on any atom is 0.273 e. The van der Waals surface area contributed by atoms with Gasteiger partial charge in [-0.05, 0) is 56.8 Å². The molecule has 0 spiro atoms. The molecule has 1 fully saturated rings. The Morgan fingerprint density at radius 2 is 2.10 bits per heavy atom. The van der Waals surface area contributed by atoms with E-state index < -0.39 is 0 Å². The molecule has 1 saturated heterocycles. The van der Waals surface area contributed by atoms with Crippen molar-refractivity contribution in [2.45, 2.75) is 52.6 Å². The predicted octanol–water partition coefficient (Wildman–Crippen LogP) is 3.29. The Kier molecular flexibility index (Phi) is 8.92. The quantitative estimate of drug-likeness (QED) is 0.683. The van der Waals surface area contributed by atoms with Crippen LogP contribution in [0.15, 0.2) is 24.4 Å². The Balaban J connectivity index is 0.00000300. The minimum atomic E-state index is -0.214. The van der Waals surface area contributed by atoms with E-state index in [0.29, 0.717) is 30.8 Å². The molecule has 1 amide bonds. The number of benzene rings is 1. The lowest BCUT2D eigenvalue weighted by Crippen LogP contribution is -2.29. The number of piperidine rings is 1. The van der Waals surface area contributed by atoms with Crippen LogP contribution in [0, 0.1) is 12.8 Å². The molecule has 1 aromatic heterocycles. The molecule has 1 aliphatic rings. The molecule has 2 N–H and O–H groups in total. The molecule has 1 aliphatic heterocycles. The van der Waals surface area contributed by atoms with Crippen LogP contribution in [0.25, 0.3) is 0 Å². The van der Waals surface area contributed by atoms with Gasteiger partial charge in [-0.3, -0.25) is 4.79 Å². The maximum absolute atomic E-state index is 12.5. The number of nitrogens with zero attached hydrogens (tertiary/aromatic N) is 3. The van der Waals surface area contributed by atoms with Gasteiger partial charge in [-0.1, -0.05) is 31.2 Å². The highest BCUT2D eigenvalue weighted by atomic mass is 35.5. The molecule has 0 radical (unpaired) electrons. The average Bonchev–Trinajstić information content (AvgIpc) is 3.18. The van der Waals surface area contributed by atoms with Crippen LogP contribution in [-0.4, -0.2) is 40.6 Å². The zero-order chi connectivity index (χ0) is 19.9. The maximum atomic E-state index is 12.5. The number of hydrogen-bond donors (Lipinski definition) is 2. The Hall–Kier alpha value is -2.12. The monoisotopic (exact) mass is 421 g/mol. The fourth-order valence-corrected chi connectivity index (χ4v) is 3.24. The summed E-state index contributed by atoms with van der Waals surface area (Å²) >= 11 is 0. The zero-order valence-corrected chi connectivity index (χ0v) is 18.3. The molecule has 3 rings (SSSR count). The molecule has 0 aliphatic carbocycles. The van der Waals surface area contributed by atoms with Crippen molar-refractivity contribution in [1.82, 2.24) is 25.6 Å². The van der Waals surface area contributed by atoms with Crippen molar-refractivity contribution in [1.29, 1.82) is 0 Å². The summed E-state index contributed by atoms with van der Waals surface area (Å²) in [6.45, 7) is 9.41. The number of ether oxygens (including phenoxy) is 1. The topological polar surface area (TPSA) is 81.1 Å². The molecule has 0 atom stereocenters. The van der Waals surface area contributed by atoms with Gasteiger partial charge in [0.1, 0.15) is 5.75 Å². The average molecular weight is 422 g/mol.